The number of pyridine rings is 1. The SMILES string of the molecule is Clc1ccc(-c2nsc(NC3CC3)n2)nc1. The molecule has 0 amide bonds. The molecule has 1 fully saturated rings. The molecule has 3 rings (SSSR count). The van der Waals surface area contributed by atoms with Crippen LogP contribution in [0.25, 0.3) is 11.5 Å². The van der Waals surface area contributed by atoms with E-state index in [0.717, 1.165) is 10.8 Å². The van der Waals surface area contributed by atoms with E-state index in [1.807, 2.05) is 6.07 Å². The lowest BCUT2D eigenvalue weighted by atomic mass is 10.3. The van der Waals surface area contributed by atoms with Gasteiger partial charge >= 0.3 is 0 Å². The highest BCUT2D eigenvalue weighted by Crippen LogP contribution is 2.27. The lowest BCUT2D eigenvalue weighted by molar-refractivity contribution is 1.13. The molecule has 0 spiro atoms. The molecule has 2 aromatic heterocycles. The highest BCUT2D eigenvalue weighted by Gasteiger charge is 2.22. The van der Waals surface area contributed by atoms with E-state index in [-0.39, 0.29) is 0 Å². The molecule has 1 aliphatic carbocycles. The van der Waals surface area contributed by atoms with E-state index in [0.29, 0.717) is 16.9 Å². The van der Waals surface area contributed by atoms with Crippen LogP contribution in [-0.2, 0) is 0 Å². The minimum Gasteiger partial charge on any atom is -0.358 e. The Balaban J connectivity index is 1.82. The normalized spacial score (nSPS) is 15.1. The highest BCUT2D eigenvalue weighted by atomic mass is 35.5. The van der Waals surface area contributed by atoms with Gasteiger partial charge in [0.1, 0.15) is 5.69 Å². The zero-order valence-corrected chi connectivity index (χ0v) is 9.92. The van der Waals surface area contributed by atoms with Crippen LogP contribution in [0.4, 0.5) is 5.13 Å². The van der Waals surface area contributed by atoms with Crippen molar-refractivity contribution in [2.45, 2.75) is 18.9 Å². The predicted octanol–water partition coefficient (Wildman–Crippen LogP) is 2.83. The van der Waals surface area contributed by atoms with Gasteiger partial charge in [-0.25, -0.2) is 0 Å². The van der Waals surface area contributed by atoms with Crippen molar-refractivity contribution in [1.82, 2.24) is 14.3 Å². The third kappa shape index (κ3) is 2.15. The van der Waals surface area contributed by atoms with Crippen LogP contribution in [0.2, 0.25) is 5.02 Å². The van der Waals surface area contributed by atoms with Crippen LogP contribution >= 0.6 is 23.1 Å². The van der Waals surface area contributed by atoms with Gasteiger partial charge in [0.25, 0.3) is 0 Å². The van der Waals surface area contributed by atoms with Crippen LogP contribution in [-0.4, -0.2) is 20.4 Å². The van der Waals surface area contributed by atoms with E-state index in [1.54, 1.807) is 12.3 Å². The summed E-state index contributed by atoms with van der Waals surface area (Å²) in [4.78, 5) is 8.56. The summed E-state index contributed by atoms with van der Waals surface area (Å²) in [5.41, 5.74) is 0.754. The standard InChI is InChI=1S/C10H9ClN4S/c11-6-1-4-8(12-5-6)9-14-10(16-15-9)13-7-2-3-7/h1,4-5,7H,2-3H2,(H,13,14,15). The van der Waals surface area contributed by atoms with Crippen molar-refractivity contribution in [3.05, 3.63) is 23.4 Å². The van der Waals surface area contributed by atoms with Gasteiger partial charge in [0.15, 0.2) is 5.82 Å². The number of aromatic nitrogens is 3. The van der Waals surface area contributed by atoms with E-state index < -0.39 is 0 Å². The summed E-state index contributed by atoms with van der Waals surface area (Å²) in [5, 5.41) is 4.80. The Hall–Kier alpha value is -1.20. The molecular weight excluding hydrogens is 244 g/mol. The summed E-state index contributed by atoms with van der Waals surface area (Å²) in [6.45, 7) is 0. The van der Waals surface area contributed by atoms with Crippen molar-refractivity contribution < 1.29 is 0 Å². The molecule has 0 unspecified atom stereocenters. The van der Waals surface area contributed by atoms with E-state index in [1.165, 1.54) is 24.4 Å². The molecular formula is C10H9ClN4S. The van der Waals surface area contributed by atoms with E-state index in [4.69, 9.17) is 11.6 Å². The summed E-state index contributed by atoms with van der Waals surface area (Å²) >= 11 is 7.14. The largest absolute Gasteiger partial charge is 0.358 e. The van der Waals surface area contributed by atoms with Crippen molar-refractivity contribution in [2.24, 2.45) is 0 Å². The van der Waals surface area contributed by atoms with E-state index >= 15 is 0 Å². The maximum atomic E-state index is 5.77. The smallest absolute Gasteiger partial charge is 0.203 e. The molecule has 2 aromatic rings. The van der Waals surface area contributed by atoms with Crippen LogP contribution < -0.4 is 5.32 Å². The van der Waals surface area contributed by atoms with Crippen molar-refractivity contribution >= 4 is 28.3 Å². The second-order valence-electron chi connectivity index (χ2n) is 3.70. The van der Waals surface area contributed by atoms with Crippen LogP contribution in [0.3, 0.4) is 0 Å². The highest BCUT2D eigenvalue weighted by molar-refractivity contribution is 7.09. The van der Waals surface area contributed by atoms with Gasteiger partial charge in [0, 0.05) is 23.8 Å². The maximum absolute atomic E-state index is 5.77. The van der Waals surface area contributed by atoms with Gasteiger partial charge in [-0.1, -0.05) is 11.6 Å². The molecule has 1 aliphatic rings. The van der Waals surface area contributed by atoms with Gasteiger partial charge in [0.2, 0.25) is 5.13 Å². The predicted molar refractivity (Wildman–Crippen MR) is 64.8 cm³/mol. The topological polar surface area (TPSA) is 50.7 Å². The molecule has 6 heteroatoms. The molecule has 0 atom stereocenters. The minimum absolute atomic E-state index is 0.596. The zero-order valence-electron chi connectivity index (χ0n) is 8.35. The molecule has 1 N–H and O–H groups in total. The number of halogens is 1. The van der Waals surface area contributed by atoms with Gasteiger partial charge in [0.05, 0.1) is 5.02 Å². The molecule has 0 aliphatic heterocycles. The Morgan fingerprint density at radius 3 is 2.94 bits per heavy atom. The average molecular weight is 253 g/mol. The number of hydrogen-bond acceptors (Lipinski definition) is 5. The van der Waals surface area contributed by atoms with Crippen molar-refractivity contribution in [2.75, 3.05) is 5.32 Å². The molecule has 1 saturated carbocycles. The molecule has 16 heavy (non-hydrogen) atoms. The van der Waals surface area contributed by atoms with Crippen molar-refractivity contribution in [3.8, 4) is 11.5 Å². The molecule has 0 bridgehead atoms. The second kappa shape index (κ2) is 3.99. The Kier molecular flexibility index (Phi) is 2.49. The molecule has 82 valence electrons. The Labute approximate surface area is 102 Å². The fourth-order valence-corrected chi connectivity index (χ4v) is 2.06. The van der Waals surface area contributed by atoms with Crippen molar-refractivity contribution in [3.63, 3.8) is 0 Å². The summed E-state index contributed by atoms with van der Waals surface area (Å²) in [6.07, 6.45) is 4.06. The first-order chi connectivity index (χ1) is 7.81. The van der Waals surface area contributed by atoms with Crippen LogP contribution in [0.1, 0.15) is 12.8 Å². The first kappa shape index (κ1) is 9.99. The molecule has 0 saturated heterocycles. The van der Waals surface area contributed by atoms with E-state index in [9.17, 15) is 0 Å². The third-order valence-corrected chi connectivity index (χ3v) is 3.16. The number of nitrogens with zero attached hydrogens (tertiary/aromatic N) is 3. The monoisotopic (exact) mass is 252 g/mol. The zero-order chi connectivity index (χ0) is 11.0. The van der Waals surface area contributed by atoms with Gasteiger partial charge in [-0.05, 0) is 25.0 Å². The van der Waals surface area contributed by atoms with Crippen LogP contribution in [0, 0.1) is 0 Å². The van der Waals surface area contributed by atoms with Gasteiger partial charge < -0.3 is 5.32 Å². The summed E-state index contributed by atoms with van der Waals surface area (Å²) in [7, 11) is 0. The Morgan fingerprint density at radius 2 is 2.25 bits per heavy atom. The van der Waals surface area contributed by atoms with Gasteiger partial charge in [-0.15, -0.1) is 0 Å². The lowest BCUT2D eigenvalue weighted by Crippen LogP contribution is -1.99. The summed E-state index contributed by atoms with van der Waals surface area (Å²) in [5.74, 6) is 0.657. The fraction of sp³-hybridized carbons (Fsp3) is 0.300. The number of nitrogens with one attached hydrogen (secondary N) is 1. The maximum Gasteiger partial charge on any atom is 0.203 e. The summed E-state index contributed by atoms with van der Waals surface area (Å²) < 4.78 is 4.26. The van der Waals surface area contributed by atoms with Crippen molar-refractivity contribution in [1.29, 1.82) is 0 Å². The lowest BCUT2D eigenvalue weighted by Gasteiger charge is -1.95. The molecule has 0 radical (unpaired) electrons. The first-order valence-electron chi connectivity index (χ1n) is 5.03. The van der Waals surface area contributed by atoms with E-state index in [2.05, 4.69) is 19.7 Å². The average Bonchev–Trinajstić information content (AvgIpc) is 2.97. The molecule has 2 heterocycles. The molecule has 4 nitrogen and oxygen atoms in total. The Bertz CT molecular complexity index is 492. The number of hydrogen-bond donors (Lipinski definition) is 1. The van der Waals surface area contributed by atoms with Crippen LogP contribution in [0.5, 0.6) is 0 Å². The molecule has 0 aromatic carbocycles. The first-order valence-corrected chi connectivity index (χ1v) is 6.18. The number of anilines is 1. The third-order valence-electron chi connectivity index (χ3n) is 2.29. The number of rotatable bonds is 3. The summed E-state index contributed by atoms with van der Waals surface area (Å²) in [6, 6.07) is 4.21. The van der Waals surface area contributed by atoms with Gasteiger partial charge in [-0.2, -0.15) is 9.36 Å². The second-order valence-corrected chi connectivity index (χ2v) is 4.89. The fourth-order valence-electron chi connectivity index (χ4n) is 1.30. The minimum atomic E-state index is 0.596. The van der Waals surface area contributed by atoms with Crippen LogP contribution in [0.15, 0.2) is 18.3 Å². The quantitative estimate of drug-likeness (QED) is 0.913. The van der Waals surface area contributed by atoms with Gasteiger partial charge in [-0.3, -0.25) is 4.98 Å². The Morgan fingerprint density at radius 1 is 1.38 bits per heavy atom.